The molecule has 1 unspecified atom stereocenters. The van der Waals surface area contributed by atoms with Crippen LogP contribution in [0.2, 0.25) is 0 Å². The predicted molar refractivity (Wildman–Crippen MR) is 80.6 cm³/mol. The van der Waals surface area contributed by atoms with E-state index in [0.29, 0.717) is 38.0 Å². The number of nitrogens with zero attached hydrogens (tertiary/aromatic N) is 3. The third kappa shape index (κ3) is 5.26. The standard InChI is InChI=1S/C15H25N3O5/c1-20-8-6-14(19)18-7-4-3-5-12(18)15-16-13(23-17-15)11-22-10-9-21-2/h12H,3-11H2,1-2H3. The van der Waals surface area contributed by atoms with Crippen molar-refractivity contribution in [1.29, 1.82) is 0 Å². The normalized spacial score (nSPS) is 18.3. The smallest absolute Gasteiger partial charge is 0.252 e. The highest BCUT2D eigenvalue weighted by molar-refractivity contribution is 5.76. The maximum Gasteiger partial charge on any atom is 0.252 e. The molecular weight excluding hydrogens is 302 g/mol. The van der Waals surface area contributed by atoms with Crippen LogP contribution in [0.1, 0.15) is 43.4 Å². The highest BCUT2D eigenvalue weighted by Crippen LogP contribution is 2.29. The number of hydrogen-bond donors (Lipinski definition) is 0. The van der Waals surface area contributed by atoms with Crippen molar-refractivity contribution in [2.75, 3.05) is 40.6 Å². The summed E-state index contributed by atoms with van der Waals surface area (Å²) in [5, 5.41) is 4.03. The van der Waals surface area contributed by atoms with Crippen molar-refractivity contribution in [2.45, 2.75) is 38.3 Å². The molecule has 1 saturated heterocycles. The molecule has 8 nitrogen and oxygen atoms in total. The summed E-state index contributed by atoms with van der Waals surface area (Å²) in [5.74, 6) is 1.05. The van der Waals surface area contributed by atoms with Gasteiger partial charge in [0.1, 0.15) is 6.61 Å². The average molecular weight is 327 g/mol. The molecule has 1 atom stereocenters. The largest absolute Gasteiger partial charge is 0.384 e. The summed E-state index contributed by atoms with van der Waals surface area (Å²) < 4.78 is 20.5. The lowest BCUT2D eigenvalue weighted by Crippen LogP contribution is -2.39. The van der Waals surface area contributed by atoms with Crippen molar-refractivity contribution in [2.24, 2.45) is 0 Å². The molecule has 1 fully saturated rings. The molecule has 0 bridgehead atoms. The SMILES string of the molecule is COCCOCc1nc(C2CCCCN2C(=O)CCOC)no1. The van der Waals surface area contributed by atoms with Crippen molar-refractivity contribution >= 4 is 5.91 Å². The van der Waals surface area contributed by atoms with E-state index in [0.717, 1.165) is 25.8 Å². The minimum Gasteiger partial charge on any atom is -0.384 e. The highest BCUT2D eigenvalue weighted by atomic mass is 16.5. The molecular formula is C15H25N3O5. The van der Waals surface area contributed by atoms with Crippen LogP contribution >= 0.6 is 0 Å². The van der Waals surface area contributed by atoms with Gasteiger partial charge in [0.2, 0.25) is 5.91 Å². The van der Waals surface area contributed by atoms with Gasteiger partial charge in [-0.15, -0.1) is 0 Å². The monoisotopic (exact) mass is 327 g/mol. The molecule has 1 aliphatic rings. The van der Waals surface area contributed by atoms with E-state index in [-0.39, 0.29) is 18.6 Å². The van der Waals surface area contributed by atoms with E-state index in [1.165, 1.54) is 0 Å². The molecule has 0 N–H and O–H groups in total. The second kappa shape index (κ2) is 9.59. The zero-order valence-electron chi connectivity index (χ0n) is 13.8. The van der Waals surface area contributed by atoms with Crippen LogP contribution in [0.4, 0.5) is 0 Å². The Bertz CT molecular complexity index is 479. The van der Waals surface area contributed by atoms with Crippen LogP contribution < -0.4 is 0 Å². The van der Waals surface area contributed by atoms with Gasteiger partial charge < -0.3 is 23.6 Å². The molecule has 8 heteroatoms. The molecule has 0 spiro atoms. The first-order chi connectivity index (χ1) is 11.3. The van der Waals surface area contributed by atoms with Gasteiger partial charge >= 0.3 is 0 Å². The highest BCUT2D eigenvalue weighted by Gasteiger charge is 2.31. The van der Waals surface area contributed by atoms with Crippen LogP contribution in [0, 0.1) is 0 Å². The maximum absolute atomic E-state index is 12.3. The lowest BCUT2D eigenvalue weighted by molar-refractivity contribution is -0.136. The second-order valence-electron chi connectivity index (χ2n) is 5.43. The van der Waals surface area contributed by atoms with Gasteiger partial charge in [-0.3, -0.25) is 4.79 Å². The third-order valence-corrected chi connectivity index (χ3v) is 3.78. The van der Waals surface area contributed by atoms with Crippen molar-refractivity contribution in [3.05, 3.63) is 11.7 Å². The lowest BCUT2D eigenvalue weighted by atomic mass is 10.0. The Morgan fingerprint density at radius 2 is 2.09 bits per heavy atom. The summed E-state index contributed by atoms with van der Waals surface area (Å²) in [5.41, 5.74) is 0. The van der Waals surface area contributed by atoms with E-state index >= 15 is 0 Å². The summed E-state index contributed by atoms with van der Waals surface area (Å²) in [4.78, 5) is 18.5. The van der Waals surface area contributed by atoms with Crippen molar-refractivity contribution in [1.82, 2.24) is 15.0 Å². The average Bonchev–Trinajstić information content (AvgIpc) is 3.05. The van der Waals surface area contributed by atoms with Gasteiger partial charge in [0.15, 0.2) is 5.82 Å². The minimum absolute atomic E-state index is 0.0687. The molecule has 2 heterocycles. The summed E-state index contributed by atoms with van der Waals surface area (Å²) in [6, 6.07) is -0.121. The van der Waals surface area contributed by atoms with E-state index in [4.69, 9.17) is 18.7 Å². The number of rotatable bonds is 9. The second-order valence-corrected chi connectivity index (χ2v) is 5.43. The molecule has 0 radical (unpaired) electrons. The molecule has 23 heavy (non-hydrogen) atoms. The van der Waals surface area contributed by atoms with E-state index in [1.54, 1.807) is 14.2 Å². The zero-order valence-corrected chi connectivity index (χ0v) is 13.8. The van der Waals surface area contributed by atoms with E-state index in [1.807, 2.05) is 4.90 Å². The maximum atomic E-state index is 12.3. The lowest BCUT2D eigenvalue weighted by Gasteiger charge is -2.33. The summed E-state index contributed by atoms with van der Waals surface area (Å²) in [6.45, 7) is 2.39. The Kier molecular flexibility index (Phi) is 7.44. The Labute approximate surface area is 136 Å². The summed E-state index contributed by atoms with van der Waals surface area (Å²) >= 11 is 0. The van der Waals surface area contributed by atoms with Crippen LogP contribution in [0.15, 0.2) is 4.52 Å². The number of aromatic nitrogens is 2. The van der Waals surface area contributed by atoms with Crippen LogP contribution in [0.3, 0.4) is 0 Å². The first-order valence-electron chi connectivity index (χ1n) is 7.93. The number of hydrogen-bond acceptors (Lipinski definition) is 7. The summed E-state index contributed by atoms with van der Waals surface area (Å²) in [7, 11) is 3.21. The number of likely N-dealkylation sites (tertiary alicyclic amines) is 1. The van der Waals surface area contributed by atoms with E-state index < -0.39 is 0 Å². The number of carbonyl (C=O) groups is 1. The fourth-order valence-corrected chi connectivity index (χ4v) is 2.60. The third-order valence-electron chi connectivity index (χ3n) is 3.78. The molecule has 1 aromatic heterocycles. The number of ether oxygens (including phenoxy) is 3. The van der Waals surface area contributed by atoms with Gasteiger partial charge in [0.25, 0.3) is 5.89 Å². The van der Waals surface area contributed by atoms with Crippen LogP contribution in [-0.2, 0) is 25.6 Å². The van der Waals surface area contributed by atoms with Crippen LogP contribution in [0.5, 0.6) is 0 Å². The molecule has 1 aromatic rings. The van der Waals surface area contributed by atoms with Gasteiger partial charge in [-0.1, -0.05) is 5.16 Å². The first kappa shape index (κ1) is 17.8. The van der Waals surface area contributed by atoms with Gasteiger partial charge in [0.05, 0.1) is 32.3 Å². The van der Waals surface area contributed by atoms with Gasteiger partial charge in [-0.05, 0) is 19.3 Å². The Hall–Kier alpha value is -1.51. The molecule has 0 saturated carbocycles. The quantitative estimate of drug-likeness (QED) is 0.632. The molecule has 0 aliphatic carbocycles. The number of piperidine rings is 1. The fourth-order valence-electron chi connectivity index (χ4n) is 2.60. The molecule has 130 valence electrons. The van der Waals surface area contributed by atoms with Gasteiger partial charge in [-0.25, -0.2) is 0 Å². The fraction of sp³-hybridized carbons (Fsp3) is 0.800. The van der Waals surface area contributed by atoms with Crippen molar-refractivity contribution in [3.63, 3.8) is 0 Å². The Balaban J connectivity index is 1.94. The van der Waals surface area contributed by atoms with Crippen molar-refractivity contribution < 1.29 is 23.5 Å². The van der Waals surface area contributed by atoms with E-state index in [2.05, 4.69) is 10.1 Å². The van der Waals surface area contributed by atoms with Gasteiger partial charge in [0, 0.05) is 20.8 Å². The first-order valence-corrected chi connectivity index (χ1v) is 7.93. The molecule has 0 aromatic carbocycles. The molecule has 2 rings (SSSR count). The summed E-state index contributed by atoms with van der Waals surface area (Å²) in [6.07, 6.45) is 3.27. The minimum atomic E-state index is -0.121. The number of carbonyl (C=O) groups excluding carboxylic acids is 1. The van der Waals surface area contributed by atoms with Crippen LogP contribution in [0.25, 0.3) is 0 Å². The number of methoxy groups -OCH3 is 2. The Morgan fingerprint density at radius 3 is 2.87 bits per heavy atom. The number of amides is 1. The molecule has 1 amide bonds. The van der Waals surface area contributed by atoms with Gasteiger partial charge in [-0.2, -0.15) is 4.98 Å². The van der Waals surface area contributed by atoms with Crippen molar-refractivity contribution in [3.8, 4) is 0 Å². The topological polar surface area (TPSA) is 86.9 Å². The Morgan fingerprint density at radius 1 is 1.26 bits per heavy atom. The predicted octanol–water partition coefficient (Wildman–Crippen LogP) is 1.32. The van der Waals surface area contributed by atoms with Crippen LogP contribution in [-0.4, -0.2) is 61.5 Å². The van der Waals surface area contributed by atoms with E-state index in [9.17, 15) is 4.79 Å². The molecule has 1 aliphatic heterocycles. The zero-order chi connectivity index (χ0) is 16.5.